The second-order valence-electron chi connectivity index (χ2n) is 3.83. The maximum absolute atomic E-state index is 8.94. The summed E-state index contributed by atoms with van der Waals surface area (Å²) in [5.41, 5.74) is 2.47. The third kappa shape index (κ3) is 1.98. The van der Waals surface area contributed by atoms with Gasteiger partial charge in [0.15, 0.2) is 0 Å². The highest BCUT2D eigenvalue weighted by Gasteiger charge is 2.20. The van der Waals surface area contributed by atoms with Crippen molar-refractivity contribution in [1.29, 1.82) is 0 Å². The van der Waals surface area contributed by atoms with E-state index < -0.39 is 0 Å². The molecule has 1 heteroatoms. The molecule has 0 aliphatic heterocycles. The highest BCUT2D eigenvalue weighted by molar-refractivity contribution is 5.14. The number of hydrogen-bond acceptors (Lipinski definition) is 1. The minimum atomic E-state index is 0.229. The first-order chi connectivity index (χ1) is 5.65. The number of allylic oxidation sites excluding steroid dienone is 2. The minimum absolute atomic E-state index is 0.229. The van der Waals surface area contributed by atoms with E-state index in [2.05, 4.69) is 26.5 Å². The van der Waals surface area contributed by atoms with Crippen LogP contribution in [-0.2, 0) is 0 Å². The lowest BCUT2D eigenvalue weighted by Crippen LogP contribution is -2.17. The van der Waals surface area contributed by atoms with Crippen molar-refractivity contribution in [3.63, 3.8) is 0 Å². The van der Waals surface area contributed by atoms with Gasteiger partial charge in [0, 0.05) is 0 Å². The summed E-state index contributed by atoms with van der Waals surface area (Å²) >= 11 is 0. The topological polar surface area (TPSA) is 20.2 Å². The van der Waals surface area contributed by atoms with Gasteiger partial charge in [0.05, 0.1) is 6.61 Å². The first-order valence-electron chi connectivity index (χ1n) is 4.61. The summed E-state index contributed by atoms with van der Waals surface area (Å²) in [6, 6.07) is 0. The molecule has 1 aliphatic carbocycles. The zero-order chi connectivity index (χ0) is 9.14. The molecule has 1 N–H and O–H groups in total. The van der Waals surface area contributed by atoms with E-state index in [4.69, 9.17) is 5.11 Å². The average molecular weight is 166 g/mol. The van der Waals surface area contributed by atoms with Crippen LogP contribution < -0.4 is 0 Å². The fourth-order valence-electron chi connectivity index (χ4n) is 2.00. The van der Waals surface area contributed by atoms with Gasteiger partial charge < -0.3 is 5.11 Å². The molecule has 1 nitrogen and oxygen atoms in total. The molecule has 0 aromatic carbocycles. The van der Waals surface area contributed by atoms with Crippen molar-refractivity contribution in [3.05, 3.63) is 23.8 Å². The van der Waals surface area contributed by atoms with Crippen molar-refractivity contribution in [2.24, 2.45) is 11.8 Å². The summed E-state index contributed by atoms with van der Waals surface area (Å²) in [5.74, 6) is 1.18. The predicted molar refractivity (Wildman–Crippen MR) is 51.9 cm³/mol. The number of aliphatic hydroxyl groups is 1. The van der Waals surface area contributed by atoms with Gasteiger partial charge in [0.2, 0.25) is 0 Å². The lowest BCUT2D eigenvalue weighted by molar-refractivity contribution is 0.310. The molecule has 1 aliphatic rings. The molecule has 1 rings (SSSR count). The number of rotatable bonds is 2. The van der Waals surface area contributed by atoms with Crippen molar-refractivity contribution < 1.29 is 5.11 Å². The molecule has 12 heavy (non-hydrogen) atoms. The van der Waals surface area contributed by atoms with E-state index >= 15 is 0 Å². The Morgan fingerprint density at radius 2 is 2.42 bits per heavy atom. The highest BCUT2D eigenvalue weighted by Crippen LogP contribution is 2.32. The second-order valence-corrected chi connectivity index (χ2v) is 3.83. The SMILES string of the molecule is C=C(C)[C@H]1CCC(CO)=C[C@@H]1C. The Kier molecular flexibility index (Phi) is 3.10. The van der Waals surface area contributed by atoms with Gasteiger partial charge in [-0.05, 0) is 37.2 Å². The summed E-state index contributed by atoms with van der Waals surface area (Å²) in [4.78, 5) is 0. The molecule has 0 saturated heterocycles. The molecule has 0 aromatic heterocycles. The van der Waals surface area contributed by atoms with Gasteiger partial charge in [-0.2, -0.15) is 0 Å². The van der Waals surface area contributed by atoms with E-state index in [0.717, 1.165) is 12.8 Å². The van der Waals surface area contributed by atoms with Gasteiger partial charge in [0.1, 0.15) is 0 Å². The van der Waals surface area contributed by atoms with E-state index in [9.17, 15) is 0 Å². The zero-order valence-corrected chi connectivity index (χ0v) is 8.01. The van der Waals surface area contributed by atoms with Gasteiger partial charge in [0.25, 0.3) is 0 Å². The summed E-state index contributed by atoms with van der Waals surface area (Å²) < 4.78 is 0. The minimum Gasteiger partial charge on any atom is -0.392 e. The van der Waals surface area contributed by atoms with Crippen LogP contribution in [0.3, 0.4) is 0 Å². The van der Waals surface area contributed by atoms with Gasteiger partial charge in [-0.3, -0.25) is 0 Å². The maximum atomic E-state index is 8.94. The van der Waals surface area contributed by atoms with Crippen molar-refractivity contribution in [1.82, 2.24) is 0 Å². The Hall–Kier alpha value is -0.560. The first-order valence-corrected chi connectivity index (χ1v) is 4.61. The van der Waals surface area contributed by atoms with Crippen LogP contribution in [0.2, 0.25) is 0 Å². The first kappa shape index (κ1) is 9.53. The maximum Gasteiger partial charge on any atom is 0.0641 e. The molecule has 0 radical (unpaired) electrons. The Morgan fingerprint density at radius 1 is 1.75 bits per heavy atom. The second kappa shape index (κ2) is 3.90. The van der Waals surface area contributed by atoms with Crippen LogP contribution in [-0.4, -0.2) is 11.7 Å². The van der Waals surface area contributed by atoms with Gasteiger partial charge in [-0.25, -0.2) is 0 Å². The molecule has 0 bridgehead atoms. The molecular formula is C11H18O. The largest absolute Gasteiger partial charge is 0.392 e. The quantitative estimate of drug-likeness (QED) is 0.625. The number of aliphatic hydroxyl groups excluding tert-OH is 1. The van der Waals surface area contributed by atoms with E-state index in [1.54, 1.807) is 0 Å². The van der Waals surface area contributed by atoms with Crippen LogP contribution in [0.4, 0.5) is 0 Å². The van der Waals surface area contributed by atoms with E-state index in [1.807, 2.05) is 0 Å². The normalized spacial score (nSPS) is 29.8. The average Bonchev–Trinajstić information content (AvgIpc) is 2.03. The molecule has 0 aromatic rings. The van der Waals surface area contributed by atoms with E-state index in [-0.39, 0.29) is 6.61 Å². The van der Waals surface area contributed by atoms with Crippen LogP contribution in [0.5, 0.6) is 0 Å². The Labute approximate surface area is 74.8 Å². The van der Waals surface area contributed by atoms with Crippen LogP contribution >= 0.6 is 0 Å². The lowest BCUT2D eigenvalue weighted by Gasteiger charge is -2.27. The fraction of sp³-hybridized carbons (Fsp3) is 0.636. The molecule has 0 amide bonds. The Balaban J connectivity index is 2.66. The van der Waals surface area contributed by atoms with Crippen molar-refractivity contribution in [3.8, 4) is 0 Å². The monoisotopic (exact) mass is 166 g/mol. The molecule has 0 saturated carbocycles. The highest BCUT2D eigenvalue weighted by atomic mass is 16.3. The predicted octanol–water partition coefficient (Wildman–Crippen LogP) is 2.53. The fourth-order valence-corrected chi connectivity index (χ4v) is 2.00. The van der Waals surface area contributed by atoms with Gasteiger partial charge in [-0.1, -0.05) is 25.2 Å². The molecule has 0 spiro atoms. The van der Waals surface area contributed by atoms with E-state index in [1.165, 1.54) is 11.1 Å². The third-order valence-corrected chi connectivity index (χ3v) is 2.75. The molecular weight excluding hydrogens is 148 g/mol. The summed E-state index contributed by atoms with van der Waals surface area (Å²) in [7, 11) is 0. The van der Waals surface area contributed by atoms with Crippen LogP contribution in [0.1, 0.15) is 26.7 Å². The van der Waals surface area contributed by atoms with Crippen molar-refractivity contribution in [2.75, 3.05) is 6.61 Å². The molecule has 0 fully saturated rings. The summed E-state index contributed by atoms with van der Waals surface area (Å²) in [6.45, 7) is 8.52. The van der Waals surface area contributed by atoms with Gasteiger partial charge in [-0.15, -0.1) is 0 Å². The lowest BCUT2D eigenvalue weighted by atomic mass is 9.78. The van der Waals surface area contributed by atoms with Crippen molar-refractivity contribution in [2.45, 2.75) is 26.7 Å². The van der Waals surface area contributed by atoms with Crippen LogP contribution in [0, 0.1) is 11.8 Å². The standard InChI is InChI=1S/C11H18O/c1-8(2)11-5-4-10(7-12)6-9(11)3/h6,9,11-12H,1,4-5,7H2,2-3H3/t9-,11+/m0/s1. The number of hydrogen-bond donors (Lipinski definition) is 1. The van der Waals surface area contributed by atoms with Gasteiger partial charge >= 0.3 is 0 Å². The molecule has 0 heterocycles. The zero-order valence-electron chi connectivity index (χ0n) is 8.01. The van der Waals surface area contributed by atoms with Crippen molar-refractivity contribution >= 4 is 0 Å². The molecule has 68 valence electrons. The smallest absolute Gasteiger partial charge is 0.0641 e. The van der Waals surface area contributed by atoms with E-state index in [0.29, 0.717) is 11.8 Å². The van der Waals surface area contributed by atoms with Crippen LogP contribution in [0.15, 0.2) is 23.8 Å². The Morgan fingerprint density at radius 3 is 2.83 bits per heavy atom. The third-order valence-electron chi connectivity index (χ3n) is 2.75. The molecule has 0 unspecified atom stereocenters. The summed E-state index contributed by atoms with van der Waals surface area (Å²) in [5, 5.41) is 8.94. The molecule has 2 atom stereocenters. The summed E-state index contributed by atoms with van der Waals surface area (Å²) in [6.07, 6.45) is 4.39. The Bertz CT molecular complexity index is 203. The van der Waals surface area contributed by atoms with Crippen LogP contribution in [0.25, 0.3) is 0 Å².